The SMILES string of the molecule is CC(C)C1CCC(C(=O)CC2CCC(F)(F)C2)CC1. The Balaban J connectivity index is 1.76. The van der Waals surface area contributed by atoms with Crippen LogP contribution >= 0.6 is 0 Å². The van der Waals surface area contributed by atoms with Crippen molar-refractivity contribution in [1.29, 1.82) is 0 Å². The summed E-state index contributed by atoms with van der Waals surface area (Å²) in [5.74, 6) is -0.718. The maximum absolute atomic E-state index is 13.1. The zero-order chi connectivity index (χ0) is 14.0. The summed E-state index contributed by atoms with van der Waals surface area (Å²) >= 11 is 0. The summed E-state index contributed by atoms with van der Waals surface area (Å²) < 4.78 is 26.2. The number of halogens is 2. The largest absolute Gasteiger partial charge is 0.299 e. The van der Waals surface area contributed by atoms with Crippen LogP contribution in [0.25, 0.3) is 0 Å². The van der Waals surface area contributed by atoms with Gasteiger partial charge in [0.1, 0.15) is 5.78 Å². The van der Waals surface area contributed by atoms with Crippen molar-refractivity contribution in [2.75, 3.05) is 0 Å². The summed E-state index contributed by atoms with van der Waals surface area (Å²) in [7, 11) is 0. The number of hydrogen-bond donors (Lipinski definition) is 0. The number of Topliss-reactive ketones (excluding diaryl/α,β-unsaturated/α-hetero) is 1. The van der Waals surface area contributed by atoms with Gasteiger partial charge in [0, 0.05) is 25.2 Å². The quantitative estimate of drug-likeness (QED) is 0.715. The Labute approximate surface area is 115 Å². The molecule has 2 saturated carbocycles. The maximum atomic E-state index is 13.1. The lowest BCUT2D eigenvalue weighted by atomic mass is 9.74. The Morgan fingerprint density at radius 3 is 2.26 bits per heavy atom. The van der Waals surface area contributed by atoms with E-state index in [-0.39, 0.29) is 30.5 Å². The smallest absolute Gasteiger partial charge is 0.248 e. The third-order valence-corrected chi connectivity index (χ3v) is 5.17. The fraction of sp³-hybridized carbons (Fsp3) is 0.938. The van der Waals surface area contributed by atoms with E-state index in [9.17, 15) is 13.6 Å². The van der Waals surface area contributed by atoms with Gasteiger partial charge in [-0.2, -0.15) is 0 Å². The Kier molecular flexibility index (Phi) is 4.62. The van der Waals surface area contributed by atoms with Gasteiger partial charge in [-0.25, -0.2) is 8.78 Å². The van der Waals surface area contributed by atoms with Crippen molar-refractivity contribution in [3.63, 3.8) is 0 Å². The molecule has 2 aliphatic rings. The number of rotatable bonds is 4. The van der Waals surface area contributed by atoms with Crippen molar-refractivity contribution in [2.24, 2.45) is 23.7 Å². The Bertz CT molecular complexity index is 317. The van der Waals surface area contributed by atoms with E-state index in [2.05, 4.69) is 13.8 Å². The molecule has 0 radical (unpaired) electrons. The summed E-state index contributed by atoms with van der Waals surface area (Å²) in [6, 6.07) is 0. The minimum Gasteiger partial charge on any atom is -0.299 e. The van der Waals surface area contributed by atoms with Gasteiger partial charge in [-0.15, -0.1) is 0 Å². The number of carbonyl (C=O) groups is 1. The Morgan fingerprint density at radius 1 is 1.16 bits per heavy atom. The molecule has 110 valence electrons. The van der Waals surface area contributed by atoms with Gasteiger partial charge in [-0.1, -0.05) is 13.8 Å². The normalized spacial score (nSPS) is 34.7. The second kappa shape index (κ2) is 5.88. The second-order valence-corrected chi connectivity index (χ2v) is 6.99. The standard InChI is InChI=1S/C16H26F2O/c1-11(2)13-3-5-14(6-4-13)15(19)9-12-7-8-16(17,18)10-12/h11-14H,3-10H2,1-2H3. The highest BCUT2D eigenvalue weighted by Gasteiger charge is 2.40. The van der Waals surface area contributed by atoms with Crippen LogP contribution in [-0.2, 0) is 4.79 Å². The van der Waals surface area contributed by atoms with Crippen LogP contribution in [-0.4, -0.2) is 11.7 Å². The van der Waals surface area contributed by atoms with E-state index in [0.717, 1.165) is 31.6 Å². The monoisotopic (exact) mass is 272 g/mol. The predicted octanol–water partition coefficient (Wildman–Crippen LogP) is 4.84. The lowest BCUT2D eigenvalue weighted by Crippen LogP contribution is -2.25. The van der Waals surface area contributed by atoms with Crippen LogP contribution in [0, 0.1) is 23.7 Å². The first-order valence-corrected chi connectivity index (χ1v) is 7.78. The molecule has 0 spiro atoms. The molecule has 19 heavy (non-hydrogen) atoms. The molecule has 2 aliphatic carbocycles. The predicted molar refractivity (Wildman–Crippen MR) is 72.2 cm³/mol. The first kappa shape index (κ1) is 14.9. The van der Waals surface area contributed by atoms with Crippen LogP contribution in [0.15, 0.2) is 0 Å². The minimum absolute atomic E-state index is 0.0228. The minimum atomic E-state index is -2.51. The molecule has 2 fully saturated rings. The van der Waals surface area contributed by atoms with Gasteiger partial charge in [0.2, 0.25) is 5.92 Å². The molecule has 0 bridgehead atoms. The summed E-state index contributed by atoms with van der Waals surface area (Å²) in [6.07, 6.45) is 5.05. The molecule has 1 nitrogen and oxygen atoms in total. The van der Waals surface area contributed by atoms with Crippen LogP contribution in [0.3, 0.4) is 0 Å². The lowest BCUT2D eigenvalue weighted by molar-refractivity contribution is -0.125. The molecular weight excluding hydrogens is 246 g/mol. The summed E-state index contributed by atoms with van der Waals surface area (Å²) in [5, 5.41) is 0. The highest BCUT2D eigenvalue weighted by atomic mass is 19.3. The van der Waals surface area contributed by atoms with E-state index in [0.29, 0.717) is 18.8 Å². The Morgan fingerprint density at radius 2 is 1.79 bits per heavy atom. The van der Waals surface area contributed by atoms with Gasteiger partial charge < -0.3 is 0 Å². The number of hydrogen-bond acceptors (Lipinski definition) is 1. The van der Waals surface area contributed by atoms with Gasteiger partial charge >= 0.3 is 0 Å². The maximum Gasteiger partial charge on any atom is 0.248 e. The average molecular weight is 272 g/mol. The average Bonchev–Trinajstić information content (AvgIpc) is 2.68. The van der Waals surface area contributed by atoms with Crippen LogP contribution in [0.1, 0.15) is 65.2 Å². The highest BCUT2D eigenvalue weighted by Crippen LogP contribution is 2.42. The van der Waals surface area contributed by atoms with Crippen molar-refractivity contribution in [1.82, 2.24) is 0 Å². The summed E-state index contributed by atoms with van der Waals surface area (Å²) in [4.78, 5) is 12.2. The van der Waals surface area contributed by atoms with Crippen molar-refractivity contribution >= 4 is 5.78 Å². The number of carbonyl (C=O) groups excluding carboxylic acids is 1. The van der Waals surface area contributed by atoms with E-state index in [1.807, 2.05) is 0 Å². The molecular formula is C16H26F2O. The molecule has 2 rings (SSSR count). The molecule has 0 amide bonds. The number of ketones is 1. The summed E-state index contributed by atoms with van der Waals surface area (Å²) in [6.45, 7) is 4.49. The fourth-order valence-electron chi connectivity index (χ4n) is 3.78. The van der Waals surface area contributed by atoms with Crippen LogP contribution in [0.5, 0.6) is 0 Å². The van der Waals surface area contributed by atoms with Crippen LogP contribution in [0.4, 0.5) is 8.78 Å². The van der Waals surface area contributed by atoms with Crippen LogP contribution < -0.4 is 0 Å². The highest BCUT2D eigenvalue weighted by molar-refractivity contribution is 5.81. The zero-order valence-electron chi connectivity index (χ0n) is 12.1. The van der Waals surface area contributed by atoms with Crippen molar-refractivity contribution in [3.05, 3.63) is 0 Å². The second-order valence-electron chi connectivity index (χ2n) is 6.99. The molecule has 0 aromatic heterocycles. The molecule has 0 aromatic carbocycles. The van der Waals surface area contributed by atoms with E-state index in [1.54, 1.807) is 0 Å². The van der Waals surface area contributed by atoms with Crippen molar-refractivity contribution in [3.8, 4) is 0 Å². The third-order valence-electron chi connectivity index (χ3n) is 5.17. The molecule has 1 unspecified atom stereocenters. The van der Waals surface area contributed by atoms with Gasteiger partial charge in [0.25, 0.3) is 0 Å². The van der Waals surface area contributed by atoms with Gasteiger partial charge in [-0.3, -0.25) is 4.79 Å². The first-order valence-electron chi connectivity index (χ1n) is 7.78. The first-order chi connectivity index (χ1) is 8.87. The molecule has 0 aliphatic heterocycles. The van der Waals surface area contributed by atoms with Gasteiger partial charge in [0.15, 0.2) is 0 Å². The summed E-state index contributed by atoms with van der Waals surface area (Å²) in [5.41, 5.74) is 0. The van der Waals surface area contributed by atoms with E-state index in [4.69, 9.17) is 0 Å². The Hall–Kier alpha value is -0.470. The van der Waals surface area contributed by atoms with Gasteiger partial charge in [0.05, 0.1) is 0 Å². The zero-order valence-corrected chi connectivity index (χ0v) is 12.1. The number of alkyl halides is 2. The van der Waals surface area contributed by atoms with E-state index in [1.165, 1.54) is 0 Å². The van der Waals surface area contributed by atoms with Crippen molar-refractivity contribution in [2.45, 2.75) is 71.1 Å². The molecule has 0 saturated heterocycles. The third kappa shape index (κ3) is 4.00. The molecule has 0 N–H and O–H groups in total. The molecule has 3 heteroatoms. The van der Waals surface area contributed by atoms with Gasteiger partial charge in [-0.05, 0) is 49.9 Å². The van der Waals surface area contributed by atoms with Crippen LogP contribution in [0.2, 0.25) is 0 Å². The topological polar surface area (TPSA) is 17.1 Å². The molecule has 1 atom stereocenters. The van der Waals surface area contributed by atoms with E-state index >= 15 is 0 Å². The molecule has 0 aromatic rings. The lowest BCUT2D eigenvalue weighted by Gasteiger charge is -2.30. The van der Waals surface area contributed by atoms with E-state index < -0.39 is 5.92 Å². The van der Waals surface area contributed by atoms with Crippen molar-refractivity contribution < 1.29 is 13.6 Å². The fourth-order valence-corrected chi connectivity index (χ4v) is 3.78. The molecule has 0 heterocycles.